The molecule has 0 spiro atoms. The van der Waals surface area contributed by atoms with E-state index in [0.29, 0.717) is 5.11 Å². The van der Waals surface area contributed by atoms with Gasteiger partial charge in [-0.3, -0.25) is 0 Å². The molecular formula is C14H15N3OS. The number of thiocarbonyl (C=S) groups is 1. The van der Waals surface area contributed by atoms with Crippen LogP contribution in [-0.4, -0.2) is 17.2 Å². The third-order valence-corrected chi connectivity index (χ3v) is 2.69. The topological polar surface area (TPSA) is 46.2 Å². The number of aryl methyl sites for hydroxylation is 1. The molecule has 1 aromatic heterocycles. The first kappa shape index (κ1) is 13.3. The molecule has 5 heteroatoms. The van der Waals surface area contributed by atoms with Gasteiger partial charge in [0.25, 0.3) is 0 Å². The molecule has 4 nitrogen and oxygen atoms in total. The molecule has 0 amide bonds. The Morgan fingerprint density at radius 2 is 2.05 bits per heavy atom. The molecule has 19 heavy (non-hydrogen) atoms. The average Bonchev–Trinajstić information content (AvgIpc) is 2.38. The van der Waals surface area contributed by atoms with Crippen LogP contribution >= 0.6 is 12.2 Å². The molecule has 0 atom stereocenters. The quantitative estimate of drug-likeness (QED) is 0.841. The van der Waals surface area contributed by atoms with E-state index in [4.69, 9.17) is 17.0 Å². The average molecular weight is 273 g/mol. The molecule has 98 valence electrons. The molecule has 2 rings (SSSR count). The van der Waals surface area contributed by atoms with E-state index in [0.717, 1.165) is 22.8 Å². The highest BCUT2D eigenvalue weighted by Crippen LogP contribution is 2.17. The molecule has 0 aliphatic heterocycles. The van der Waals surface area contributed by atoms with E-state index in [1.807, 2.05) is 43.3 Å². The van der Waals surface area contributed by atoms with Gasteiger partial charge in [0, 0.05) is 18.0 Å². The first-order valence-electron chi connectivity index (χ1n) is 5.82. The van der Waals surface area contributed by atoms with Crippen molar-refractivity contribution < 1.29 is 4.74 Å². The molecule has 0 fully saturated rings. The number of ether oxygens (including phenoxy) is 1. The number of methoxy groups -OCH3 is 1. The van der Waals surface area contributed by atoms with Crippen molar-refractivity contribution in [1.29, 1.82) is 0 Å². The first-order valence-corrected chi connectivity index (χ1v) is 6.23. The molecule has 0 aliphatic rings. The van der Waals surface area contributed by atoms with Crippen molar-refractivity contribution >= 4 is 28.8 Å². The van der Waals surface area contributed by atoms with Crippen molar-refractivity contribution in [3.63, 3.8) is 0 Å². The zero-order chi connectivity index (χ0) is 13.7. The highest BCUT2D eigenvalue weighted by molar-refractivity contribution is 7.80. The van der Waals surface area contributed by atoms with Crippen LogP contribution in [-0.2, 0) is 0 Å². The van der Waals surface area contributed by atoms with Crippen LogP contribution in [0.1, 0.15) is 5.56 Å². The Morgan fingerprint density at radius 3 is 2.79 bits per heavy atom. The van der Waals surface area contributed by atoms with Gasteiger partial charge >= 0.3 is 0 Å². The fraction of sp³-hybridized carbons (Fsp3) is 0.143. The molecule has 0 radical (unpaired) electrons. The van der Waals surface area contributed by atoms with E-state index in [-0.39, 0.29) is 0 Å². The minimum Gasteiger partial charge on any atom is -0.497 e. The van der Waals surface area contributed by atoms with Crippen LogP contribution in [0.15, 0.2) is 42.6 Å². The standard InChI is InChI=1S/C14H15N3OS/c1-10-6-7-15-13(8-10)17-14(19)16-11-4-3-5-12(9-11)18-2/h3-9H,1-2H3,(H2,15,16,17,19). The van der Waals surface area contributed by atoms with Crippen molar-refractivity contribution in [2.24, 2.45) is 0 Å². The number of hydrogen-bond acceptors (Lipinski definition) is 3. The van der Waals surface area contributed by atoms with Gasteiger partial charge < -0.3 is 15.4 Å². The van der Waals surface area contributed by atoms with Crippen molar-refractivity contribution in [3.8, 4) is 5.75 Å². The van der Waals surface area contributed by atoms with Gasteiger partial charge in [0.2, 0.25) is 0 Å². The van der Waals surface area contributed by atoms with Gasteiger partial charge in [-0.05, 0) is 49.0 Å². The maximum atomic E-state index is 5.24. The van der Waals surface area contributed by atoms with Crippen molar-refractivity contribution in [1.82, 2.24) is 4.98 Å². The summed E-state index contributed by atoms with van der Waals surface area (Å²) in [6.45, 7) is 2.01. The number of benzene rings is 1. The van der Waals surface area contributed by atoms with Crippen molar-refractivity contribution in [2.45, 2.75) is 6.92 Å². The predicted octanol–water partition coefficient (Wildman–Crippen LogP) is 3.21. The molecule has 0 unspecified atom stereocenters. The molecule has 0 aliphatic carbocycles. The van der Waals surface area contributed by atoms with Crippen LogP contribution in [0.2, 0.25) is 0 Å². The summed E-state index contributed by atoms with van der Waals surface area (Å²) in [5, 5.41) is 6.61. The minimum absolute atomic E-state index is 0.492. The molecule has 1 aromatic carbocycles. The number of aromatic nitrogens is 1. The van der Waals surface area contributed by atoms with Gasteiger partial charge in [-0.2, -0.15) is 0 Å². The maximum Gasteiger partial charge on any atom is 0.176 e. The SMILES string of the molecule is COc1cccc(NC(=S)Nc2cc(C)ccn2)c1. The highest BCUT2D eigenvalue weighted by Gasteiger charge is 2.01. The van der Waals surface area contributed by atoms with Crippen LogP contribution < -0.4 is 15.4 Å². The van der Waals surface area contributed by atoms with Crippen LogP contribution in [0.4, 0.5) is 11.5 Å². The van der Waals surface area contributed by atoms with E-state index in [1.165, 1.54) is 0 Å². The third-order valence-electron chi connectivity index (χ3n) is 2.48. The van der Waals surface area contributed by atoms with Crippen LogP contribution in [0, 0.1) is 6.92 Å². The molecule has 2 aromatic rings. The zero-order valence-electron chi connectivity index (χ0n) is 10.8. The number of pyridine rings is 1. The molecule has 0 saturated heterocycles. The molecule has 0 saturated carbocycles. The van der Waals surface area contributed by atoms with Gasteiger partial charge in [0.15, 0.2) is 5.11 Å². The summed E-state index contributed by atoms with van der Waals surface area (Å²) in [6.07, 6.45) is 1.74. The normalized spacial score (nSPS) is 9.79. The molecular weight excluding hydrogens is 258 g/mol. The molecule has 1 heterocycles. The number of rotatable bonds is 3. The monoisotopic (exact) mass is 273 g/mol. The number of nitrogens with zero attached hydrogens (tertiary/aromatic N) is 1. The fourth-order valence-electron chi connectivity index (χ4n) is 1.58. The van der Waals surface area contributed by atoms with Gasteiger partial charge in [0.1, 0.15) is 11.6 Å². The molecule has 0 bridgehead atoms. The predicted molar refractivity (Wildman–Crippen MR) is 81.8 cm³/mol. The lowest BCUT2D eigenvalue weighted by molar-refractivity contribution is 0.415. The summed E-state index contributed by atoms with van der Waals surface area (Å²) in [5.74, 6) is 1.50. The lowest BCUT2D eigenvalue weighted by Gasteiger charge is -2.11. The van der Waals surface area contributed by atoms with Gasteiger partial charge in [0.05, 0.1) is 7.11 Å². The van der Waals surface area contributed by atoms with Gasteiger partial charge in [-0.1, -0.05) is 6.07 Å². The van der Waals surface area contributed by atoms with E-state index in [1.54, 1.807) is 13.3 Å². The summed E-state index contributed by atoms with van der Waals surface area (Å²) < 4.78 is 5.15. The Kier molecular flexibility index (Phi) is 4.30. The first-order chi connectivity index (χ1) is 9.17. The smallest absolute Gasteiger partial charge is 0.176 e. The van der Waals surface area contributed by atoms with E-state index < -0.39 is 0 Å². The van der Waals surface area contributed by atoms with Gasteiger partial charge in [-0.15, -0.1) is 0 Å². The third kappa shape index (κ3) is 3.93. The second-order valence-corrected chi connectivity index (χ2v) is 4.44. The fourth-order valence-corrected chi connectivity index (χ4v) is 1.81. The Morgan fingerprint density at radius 1 is 1.21 bits per heavy atom. The highest BCUT2D eigenvalue weighted by atomic mass is 32.1. The Hall–Kier alpha value is -2.14. The summed E-state index contributed by atoms with van der Waals surface area (Å²) in [4.78, 5) is 4.19. The summed E-state index contributed by atoms with van der Waals surface area (Å²) >= 11 is 5.24. The molecule has 2 N–H and O–H groups in total. The van der Waals surface area contributed by atoms with Gasteiger partial charge in [-0.25, -0.2) is 4.98 Å². The van der Waals surface area contributed by atoms with Crippen molar-refractivity contribution in [2.75, 3.05) is 17.7 Å². The Balaban J connectivity index is 2.01. The van der Waals surface area contributed by atoms with Crippen LogP contribution in [0.3, 0.4) is 0 Å². The van der Waals surface area contributed by atoms with Crippen LogP contribution in [0.5, 0.6) is 5.75 Å². The number of anilines is 2. The lowest BCUT2D eigenvalue weighted by atomic mass is 10.3. The second-order valence-electron chi connectivity index (χ2n) is 4.03. The zero-order valence-corrected chi connectivity index (χ0v) is 11.6. The minimum atomic E-state index is 0.492. The van der Waals surface area contributed by atoms with E-state index >= 15 is 0 Å². The van der Waals surface area contributed by atoms with Crippen LogP contribution in [0.25, 0.3) is 0 Å². The second kappa shape index (κ2) is 6.15. The Labute approximate surface area is 117 Å². The van der Waals surface area contributed by atoms with Crippen molar-refractivity contribution in [3.05, 3.63) is 48.2 Å². The maximum absolute atomic E-state index is 5.24. The number of nitrogens with one attached hydrogen (secondary N) is 2. The summed E-state index contributed by atoms with van der Waals surface area (Å²) in [5.41, 5.74) is 1.99. The largest absolute Gasteiger partial charge is 0.497 e. The lowest BCUT2D eigenvalue weighted by Crippen LogP contribution is -2.19. The summed E-state index contributed by atoms with van der Waals surface area (Å²) in [7, 11) is 1.63. The number of hydrogen-bond donors (Lipinski definition) is 2. The van der Waals surface area contributed by atoms with E-state index in [9.17, 15) is 0 Å². The Bertz CT molecular complexity index is 586. The summed E-state index contributed by atoms with van der Waals surface area (Å²) in [6, 6.07) is 11.4. The van der Waals surface area contributed by atoms with E-state index in [2.05, 4.69) is 15.6 Å².